The molecule has 0 saturated heterocycles. The van der Waals surface area contributed by atoms with Crippen LogP contribution in [0.5, 0.6) is 0 Å². The Kier molecular flexibility index (Phi) is 5.26. The van der Waals surface area contributed by atoms with Crippen LogP contribution in [0.2, 0.25) is 5.02 Å². The fourth-order valence-electron chi connectivity index (χ4n) is 4.42. The van der Waals surface area contributed by atoms with E-state index in [2.05, 4.69) is 21.4 Å². The number of aromatic nitrogens is 4. The molecule has 1 N–H and O–H groups in total. The highest BCUT2D eigenvalue weighted by molar-refractivity contribution is 6.31. The molecule has 33 heavy (non-hydrogen) atoms. The molecule has 0 bridgehead atoms. The van der Waals surface area contributed by atoms with Crippen LogP contribution in [0.3, 0.4) is 0 Å². The van der Waals surface area contributed by atoms with Crippen LogP contribution in [0.25, 0.3) is 33.2 Å². The van der Waals surface area contributed by atoms with E-state index in [0.29, 0.717) is 41.0 Å². The smallest absolute Gasteiger partial charge is 0.267 e. The van der Waals surface area contributed by atoms with Crippen LogP contribution in [-0.2, 0) is 19.9 Å². The Hall–Kier alpha value is -3.50. The predicted octanol–water partition coefficient (Wildman–Crippen LogP) is 5.17. The van der Waals surface area contributed by atoms with Crippen molar-refractivity contribution in [1.29, 1.82) is 5.26 Å². The summed E-state index contributed by atoms with van der Waals surface area (Å²) in [6.07, 6.45) is 5.20. The molecule has 1 aliphatic carbocycles. The number of nitriles is 1. The van der Waals surface area contributed by atoms with Gasteiger partial charge in [0.05, 0.1) is 39.1 Å². The fourth-order valence-corrected chi connectivity index (χ4v) is 4.65. The Morgan fingerprint density at radius 3 is 2.79 bits per heavy atom. The van der Waals surface area contributed by atoms with Crippen molar-refractivity contribution < 1.29 is 4.39 Å². The quantitative estimate of drug-likeness (QED) is 0.444. The molecule has 1 fully saturated rings. The molecule has 2 aromatic heterocycles. The molecule has 2 heterocycles. The Labute approximate surface area is 194 Å². The van der Waals surface area contributed by atoms with Gasteiger partial charge in [-0.15, -0.1) is 0 Å². The first-order chi connectivity index (χ1) is 15.9. The molecular weight excluding hydrogens is 441 g/mol. The lowest BCUT2D eigenvalue weighted by molar-refractivity contribution is 0.626. The molecule has 6 nitrogen and oxygen atoms in total. The summed E-state index contributed by atoms with van der Waals surface area (Å²) in [6.45, 7) is 1.96. The summed E-state index contributed by atoms with van der Waals surface area (Å²) >= 11 is 6.29. The third-order valence-corrected chi connectivity index (χ3v) is 6.58. The Morgan fingerprint density at radius 2 is 2.09 bits per heavy atom. The molecule has 166 valence electrons. The van der Waals surface area contributed by atoms with Crippen LogP contribution in [-0.4, -0.2) is 20.0 Å². The highest BCUT2D eigenvalue weighted by Gasteiger charge is 2.28. The van der Waals surface area contributed by atoms with E-state index in [1.165, 1.54) is 0 Å². The van der Waals surface area contributed by atoms with Crippen LogP contribution in [0.1, 0.15) is 36.6 Å². The number of aryl methyl sites for hydroxylation is 2. The second-order valence-electron chi connectivity index (χ2n) is 8.48. The largest absolute Gasteiger partial charge is 0.272 e. The minimum atomic E-state index is -0.634. The zero-order valence-corrected chi connectivity index (χ0v) is 19.0. The number of nitrogens with zero attached hydrogens (tertiary/aromatic N) is 4. The summed E-state index contributed by atoms with van der Waals surface area (Å²) in [7, 11) is 1.71. The maximum Gasteiger partial charge on any atom is 0.272 e. The molecule has 5 rings (SSSR count). The molecule has 2 aromatic carbocycles. The molecule has 0 amide bonds. The summed E-state index contributed by atoms with van der Waals surface area (Å²) < 4.78 is 17.0. The van der Waals surface area contributed by atoms with E-state index in [4.69, 9.17) is 11.6 Å². The fraction of sp³-hybridized carbons (Fsp3) is 0.280. The molecule has 0 radical (unpaired) electrons. The number of benzene rings is 2. The van der Waals surface area contributed by atoms with Gasteiger partial charge in [-0.05, 0) is 60.9 Å². The van der Waals surface area contributed by atoms with Crippen LogP contribution in [0.15, 0.2) is 35.3 Å². The minimum Gasteiger partial charge on any atom is -0.267 e. The summed E-state index contributed by atoms with van der Waals surface area (Å²) in [5.41, 5.74) is 3.58. The number of hydrogen-bond acceptors (Lipinski definition) is 4. The molecule has 8 heteroatoms. The first-order valence-electron chi connectivity index (χ1n) is 10.9. The van der Waals surface area contributed by atoms with Crippen LogP contribution in [0, 0.1) is 23.1 Å². The van der Waals surface area contributed by atoms with E-state index in [0.717, 1.165) is 35.0 Å². The van der Waals surface area contributed by atoms with Crippen molar-refractivity contribution in [3.63, 3.8) is 0 Å². The van der Waals surface area contributed by atoms with Gasteiger partial charge in [-0.1, -0.05) is 24.6 Å². The van der Waals surface area contributed by atoms with E-state index in [-0.39, 0.29) is 16.1 Å². The third kappa shape index (κ3) is 3.61. The number of rotatable bonds is 5. The molecule has 1 aliphatic rings. The average Bonchev–Trinajstić information content (AvgIpc) is 3.55. The van der Waals surface area contributed by atoms with Gasteiger partial charge in [0.15, 0.2) is 5.82 Å². The maximum atomic E-state index is 15.5. The molecule has 0 unspecified atom stereocenters. The predicted molar refractivity (Wildman–Crippen MR) is 125 cm³/mol. The maximum absolute atomic E-state index is 15.5. The topological polar surface area (TPSA) is 87.4 Å². The molecule has 0 spiro atoms. The number of hydrogen-bond donors (Lipinski definition) is 1. The number of aromatic amines is 1. The second-order valence-corrected chi connectivity index (χ2v) is 8.89. The Morgan fingerprint density at radius 1 is 1.30 bits per heavy atom. The standard InChI is InChI=1S/C25H21ClFN5O/c1-3-21-17-9-14(6-7-16(17)25(33)31-30-21)19-12-29-32(2)24(19)22-18(11-28)15(8-13-4-5-13)10-20(26)23(22)27/h6-7,9-10,12-13H,3-5,8H2,1-2H3,(H,31,33). The van der Waals surface area contributed by atoms with Crippen molar-refractivity contribution in [3.05, 3.63) is 68.5 Å². The first-order valence-corrected chi connectivity index (χ1v) is 11.3. The van der Waals surface area contributed by atoms with E-state index in [1.54, 1.807) is 36.1 Å². The van der Waals surface area contributed by atoms with Gasteiger partial charge in [-0.2, -0.15) is 15.5 Å². The van der Waals surface area contributed by atoms with Gasteiger partial charge in [0.2, 0.25) is 0 Å². The second kappa shape index (κ2) is 8.13. The first kappa shape index (κ1) is 21.4. The van der Waals surface area contributed by atoms with Gasteiger partial charge in [-0.25, -0.2) is 9.49 Å². The van der Waals surface area contributed by atoms with Crippen molar-refractivity contribution in [2.45, 2.75) is 32.6 Å². The van der Waals surface area contributed by atoms with Crippen molar-refractivity contribution in [1.82, 2.24) is 20.0 Å². The Balaban J connectivity index is 1.76. The van der Waals surface area contributed by atoms with E-state index in [9.17, 15) is 10.1 Å². The van der Waals surface area contributed by atoms with Crippen molar-refractivity contribution in [2.24, 2.45) is 13.0 Å². The monoisotopic (exact) mass is 461 g/mol. The third-order valence-electron chi connectivity index (χ3n) is 6.31. The zero-order chi connectivity index (χ0) is 23.3. The van der Waals surface area contributed by atoms with Gasteiger partial charge in [0, 0.05) is 18.0 Å². The van der Waals surface area contributed by atoms with E-state index in [1.807, 2.05) is 13.0 Å². The molecule has 4 aromatic rings. The van der Waals surface area contributed by atoms with Crippen LogP contribution in [0.4, 0.5) is 4.39 Å². The lowest BCUT2D eigenvalue weighted by Gasteiger charge is -2.15. The number of fused-ring (bicyclic) bond motifs is 1. The highest BCUT2D eigenvalue weighted by atomic mass is 35.5. The summed E-state index contributed by atoms with van der Waals surface area (Å²) in [6, 6.07) is 9.21. The summed E-state index contributed by atoms with van der Waals surface area (Å²) in [5, 5.41) is 22.3. The highest BCUT2D eigenvalue weighted by Crippen LogP contribution is 2.42. The number of H-pyrrole nitrogens is 1. The lowest BCUT2D eigenvalue weighted by atomic mass is 9.92. The lowest BCUT2D eigenvalue weighted by Crippen LogP contribution is -2.10. The van der Waals surface area contributed by atoms with Gasteiger partial charge in [-0.3, -0.25) is 9.48 Å². The van der Waals surface area contributed by atoms with Crippen molar-refractivity contribution in [3.8, 4) is 28.5 Å². The molecule has 0 aliphatic heterocycles. The van der Waals surface area contributed by atoms with E-state index >= 15 is 4.39 Å². The minimum absolute atomic E-state index is 0.00526. The van der Waals surface area contributed by atoms with Crippen LogP contribution >= 0.6 is 11.6 Å². The SMILES string of the molecule is CCc1n[nH]c(=O)c2ccc(-c3cnn(C)c3-c3c(F)c(Cl)cc(CC4CC4)c3C#N)cc12. The van der Waals surface area contributed by atoms with Crippen LogP contribution < -0.4 is 5.56 Å². The van der Waals surface area contributed by atoms with Gasteiger partial charge >= 0.3 is 0 Å². The van der Waals surface area contributed by atoms with Gasteiger partial charge in [0.1, 0.15) is 6.07 Å². The molecule has 0 atom stereocenters. The average molecular weight is 462 g/mol. The van der Waals surface area contributed by atoms with Crippen molar-refractivity contribution >= 4 is 22.4 Å². The van der Waals surface area contributed by atoms with Crippen molar-refractivity contribution in [2.75, 3.05) is 0 Å². The zero-order valence-electron chi connectivity index (χ0n) is 18.2. The van der Waals surface area contributed by atoms with Gasteiger partial charge in [0.25, 0.3) is 5.56 Å². The number of halogens is 2. The van der Waals surface area contributed by atoms with Gasteiger partial charge < -0.3 is 0 Å². The molecule has 1 saturated carbocycles. The Bertz CT molecular complexity index is 1510. The number of nitrogens with one attached hydrogen (secondary N) is 1. The summed E-state index contributed by atoms with van der Waals surface area (Å²) in [5.74, 6) is -0.123. The normalized spacial score (nSPS) is 13.4. The van der Waals surface area contributed by atoms with E-state index < -0.39 is 5.82 Å². The summed E-state index contributed by atoms with van der Waals surface area (Å²) in [4.78, 5) is 12.2. The molecular formula is C25H21ClFN5O.